The first-order valence-corrected chi connectivity index (χ1v) is 22.1. The van der Waals surface area contributed by atoms with E-state index in [1.165, 1.54) is 61.1 Å². The number of carbonyl (C=O) groups excluding carboxylic acids is 2. The number of anilines is 1. The predicted octanol–water partition coefficient (Wildman–Crippen LogP) is 8.78. The topological polar surface area (TPSA) is 87.5 Å². The molecule has 2 aliphatic carbocycles. The van der Waals surface area contributed by atoms with Crippen molar-refractivity contribution in [2.24, 2.45) is 11.3 Å². The van der Waals surface area contributed by atoms with E-state index in [-0.39, 0.29) is 34.8 Å². The summed E-state index contributed by atoms with van der Waals surface area (Å²) in [5.41, 5.74) is 5.03. The van der Waals surface area contributed by atoms with Crippen LogP contribution >= 0.6 is 15.9 Å². The summed E-state index contributed by atoms with van der Waals surface area (Å²) in [7, 11) is 0. The van der Waals surface area contributed by atoms with Crippen molar-refractivity contribution < 1.29 is 18.4 Å². The molecule has 2 saturated carbocycles. The maximum absolute atomic E-state index is 15.3. The molecule has 0 radical (unpaired) electrons. The second-order valence-electron chi connectivity index (χ2n) is 18.1. The molecule has 298 valence electrons. The third kappa shape index (κ3) is 6.37. The summed E-state index contributed by atoms with van der Waals surface area (Å²) < 4.78 is 33.8. The molecule has 2 amide bonds. The Balaban J connectivity index is 0.777. The number of carbonyl (C=O) groups is 2. The second kappa shape index (κ2) is 14.4. The number of aromatic nitrogens is 2. The zero-order valence-corrected chi connectivity index (χ0v) is 34.0. The molecule has 6 aliphatic rings. The second-order valence-corrected chi connectivity index (χ2v) is 19.0. The van der Waals surface area contributed by atoms with Gasteiger partial charge in [0, 0.05) is 41.8 Å². The summed E-state index contributed by atoms with van der Waals surface area (Å²) in [6, 6.07) is 16.0. The fraction of sp³-hybridized carbons (Fsp3) is 0.522. The van der Waals surface area contributed by atoms with Crippen LogP contribution in [0.3, 0.4) is 0 Å². The fourth-order valence-corrected chi connectivity index (χ4v) is 12.4. The van der Waals surface area contributed by atoms with Crippen molar-refractivity contribution in [3.05, 3.63) is 97.5 Å². The van der Waals surface area contributed by atoms with Crippen LogP contribution in [0.1, 0.15) is 124 Å². The monoisotopic (exact) mass is 837 g/mol. The number of imide groups is 1. The van der Waals surface area contributed by atoms with Gasteiger partial charge < -0.3 is 9.80 Å². The zero-order chi connectivity index (χ0) is 39.1. The van der Waals surface area contributed by atoms with Gasteiger partial charge in [-0.15, -0.1) is 0 Å². The number of rotatable bonds is 5. The Morgan fingerprint density at radius 1 is 0.842 bits per heavy atom. The number of nitrogens with one attached hydrogen (secondary N) is 1. The van der Waals surface area contributed by atoms with Crippen LogP contribution in [0.2, 0.25) is 0 Å². The maximum atomic E-state index is 15.3. The van der Waals surface area contributed by atoms with Crippen molar-refractivity contribution in [2.45, 2.75) is 107 Å². The molecule has 1 unspecified atom stereocenters. The van der Waals surface area contributed by atoms with Gasteiger partial charge in [0.1, 0.15) is 17.5 Å². The van der Waals surface area contributed by atoms with Crippen molar-refractivity contribution in [2.75, 3.05) is 37.6 Å². The number of hydrogen-bond acceptors (Lipinski definition) is 6. The molecule has 4 aliphatic heterocycles. The van der Waals surface area contributed by atoms with E-state index in [4.69, 9.17) is 4.98 Å². The van der Waals surface area contributed by atoms with E-state index in [0.29, 0.717) is 22.9 Å². The molecule has 1 atom stereocenters. The van der Waals surface area contributed by atoms with Gasteiger partial charge in [0.15, 0.2) is 0 Å². The zero-order valence-electron chi connectivity index (χ0n) is 32.4. The minimum absolute atomic E-state index is 0.0793. The molecule has 1 N–H and O–H groups in total. The van der Waals surface area contributed by atoms with Gasteiger partial charge in [0.25, 0.3) is 5.56 Å². The van der Waals surface area contributed by atoms with E-state index >= 15 is 8.78 Å². The normalized spacial score (nSPS) is 25.6. The lowest BCUT2D eigenvalue weighted by molar-refractivity contribution is -0.134. The van der Waals surface area contributed by atoms with Gasteiger partial charge >= 0.3 is 0 Å². The van der Waals surface area contributed by atoms with Crippen LogP contribution in [-0.2, 0) is 15.0 Å². The highest BCUT2D eigenvalue weighted by molar-refractivity contribution is 9.10. The first kappa shape index (κ1) is 37.3. The van der Waals surface area contributed by atoms with E-state index in [1.54, 1.807) is 0 Å². The molecule has 0 bridgehead atoms. The van der Waals surface area contributed by atoms with Crippen molar-refractivity contribution in [1.29, 1.82) is 0 Å². The van der Waals surface area contributed by atoms with Crippen molar-refractivity contribution in [3.8, 4) is 5.69 Å². The van der Waals surface area contributed by atoms with Gasteiger partial charge in [-0.1, -0.05) is 37.5 Å². The van der Waals surface area contributed by atoms with E-state index in [0.717, 1.165) is 93.5 Å². The molecule has 10 rings (SSSR count). The standard InChI is InChI=1S/C46H50BrF2N5O3/c47-34-5-4-6-37-41(34)43(57)51-44-46(15-2-1-3-16-46)33-13-11-30(23-38(33)54(37)44)29-9-7-28(8-10-29)26-52-20-17-45(18-21-52)19-22-53(27-45)31-24-35(48)40(36(49)25-31)32-12-14-39(55)50-42(32)56/h4-6,11,13,23-25,28-29,32H,1-3,7-10,12,14-22,26-27H2,(H,50,55,56). The number of halogens is 3. The number of amides is 2. The van der Waals surface area contributed by atoms with Crippen LogP contribution in [0.4, 0.5) is 14.5 Å². The van der Waals surface area contributed by atoms with Crippen LogP contribution in [0, 0.1) is 23.0 Å². The van der Waals surface area contributed by atoms with Gasteiger partial charge in [-0.05, 0) is 152 Å². The summed E-state index contributed by atoms with van der Waals surface area (Å²) in [5, 5.41) is 2.87. The Labute approximate surface area is 340 Å². The molecular weight excluding hydrogens is 788 g/mol. The highest BCUT2D eigenvalue weighted by atomic mass is 79.9. The Morgan fingerprint density at radius 3 is 2.32 bits per heavy atom. The summed E-state index contributed by atoms with van der Waals surface area (Å²) in [6.07, 6.45) is 13.8. The lowest BCUT2D eigenvalue weighted by Crippen LogP contribution is -2.43. The number of likely N-dealkylation sites (tertiary alicyclic amines) is 1. The maximum Gasteiger partial charge on any atom is 0.281 e. The summed E-state index contributed by atoms with van der Waals surface area (Å²) in [6.45, 7) is 4.78. The van der Waals surface area contributed by atoms with Crippen molar-refractivity contribution in [1.82, 2.24) is 19.8 Å². The van der Waals surface area contributed by atoms with Gasteiger partial charge in [0.05, 0.1) is 27.9 Å². The van der Waals surface area contributed by atoms with Crippen LogP contribution in [0.25, 0.3) is 16.6 Å². The third-order valence-corrected chi connectivity index (χ3v) is 15.6. The predicted molar refractivity (Wildman–Crippen MR) is 220 cm³/mol. The van der Waals surface area contributed by atoms with Gasteiger partial charge in [-0.25, -0.2) is 8.78 Å². The van der Waals surface area contributed by atoms with E-state index in [1.807, 2.05) is 12.1 Å². The molecular formula is C46H50BrF2N5O3. The smallest absolute Gasteiger partial charge is 0.281 e. The molecule has 3 aromatic carbocycles. The SMILES string of the molecule is O=C1CCC(c2c(F)cc(N3CCC4(CCN(CC5CCC(c6ccc7c(c6)-n6c(nc(=O)c8c(Br)cccc86)C76CCCCC6)CC5)CC4)C3)cc2F)C(=O)N1. The number of piperidine rings is 2. The molecule has 11 heteroatoms. The number of benzene rings is 3. The molecule has 4 aromatic rings. The Kier molecular flexibility index (Phi) is 9.43. The van der Waals surface area contributed by atoms with E-state index in [9.17, 15) is 14.4 Å². The average molecular weight is 839 g/mol. The first-order valence-electron chi connectivity index (χ1n) is 21.3. The van der Waals surface area contributed by atoms with Gasteiger partial charge in [-0.2, -0.15) is 4.98 Å². The molecule has 57 heavy (non-hydrogen) atoms. The van der Waals surface area contributed by atoms with Gasteiger partial charge in [0.2, 0.25) is 11.8 Å². The Hall–Kier alpha value is -3.96. The molecule has 5 fully saturated rings. The fourth-order valence-electron chi connectivity index (χ4n) is 11.8. The lowest BCUT2D eigenvalue weighted by Gasteiger charge is -2.41. The molecule has 5 heterocycles. The lowest BCUT2D eigenvalue weighted by atomic mass is 9.69. The highest BCUT2D eigenvalue weighted by Crippen LogP contribution is 2.53. The van der Waals surface area contributed by atoms with E-state index < -0.39 is 29.4 Å². The van der Waals surface area contributed by atoms with Crippen LogP contribution in [0.15, 0.2) is 57.8 Å². The van der Waals surface area contributed by atoms with Crippen molar-refractivity contribution >= 4 is 44.3 Å². The number of hydrogen-bond donors (Lipinski definition) is 1. The third-order valence-electron chi connectivity index (χ3n) is 15.0. The molecule has 1 aromatic heterocycles. The summed E-state index contributed by atoms with van der Waals surface area (Å²) >= 11 is 3.65. The molecule has 8 nitrogen and oxygen atoms in total. The summed E-state index contributed by atoms with van der Waals surface area (Å²) in [4.78, 5) is 47.0. The first-order chi connectivity index (χ1) is 27.6. The summed E-state index contributed by atoms with van der Waals surface area (Å²) in [5.74, 6) is -1.30. The average Bonchev–Trinajstić information content (AvgIpc) is 3.73. The van der Waals surface area contributed by atoms with E-state index in [2.05, 4.69) is 59.9 Å². The van der Waals surface area contributed by atoms with Crippen LogP contribution in [0.5, 0.6) is 0 Å². The minimum Gasteiger partial charge on any atom is -0.371 e. The minimum atomic E-state index is -0.983. The van der Waals surface area contributed by atoms with Gasteiger partial charge in [-0.3, -0.25) is 24.3 Å². The largest absolute Gasteiger partial charge is 0.371 e. The highest BCUT2D eigenvalue weighted by Gasteiger charge is 2.47. The quantitative estimate of drug-likeness (QED) is 0.203. The Bertz CT molecular complexity index is 2320. The molecule has 3 saturated heterocycles. The number of fused-ring (bicyclic) bond motifs is 7. The van der Waals surface area contributed by atoms with Crippen LogP contribution < -0.4 is 15.8 Å². The Morgan fingerprint density at radius 2 is 1.58 bits per heavy atom. The van der Waals surface area contributed by atoms with Crippen LogP contribution in [-0.4, -0.2) is 59.0 Å². The number of nitrogens with zero attached hydrogens (tertiary/aromatic N) is 4. The van der Waals surface area contributed by atoms with Crippen molar-refractivity contribution in [3.63, 3.8) is 0 Å². The molecule has 2 spiro atoms.